The van der Waals surface area contributed by atoms with Gasteiger partial charge in [0.15, 0.2) is 0 Å². The van der Waals surface area contributed by atoms with E-state index in [1.54, 1.807) is 0 Å². The van der Waals surface area contributed by atoms with E-state index >= 15 is 0 Å². The first-order valence-corrected chi connectivity index (χ1v) is 28.0. The van der Waals surface area contributed by atoms with Crippen molar-refractivity contribution >= 4 is 57.2 Å². The standard InChI is InChI=1S/C74H77BN2/c1-70(2,3)53-35-37-57(60(46-53)74(13,14)15)50-34-38-65-61(42-50)75-62-47-54(71(4,5)6)36-39-66(62)77(64-33-25-23-31-59(64)49-28-20-17-21-29-49)68-44-52(51-40-55(72(7,8)9)45-56(41-51)73(10,11)12)43-67(69(68)75)76(65)63-32-24-22-30-58(63)48-26-18-16-19-27-48/h16-47H,1-15H3. The van der Waals surface area contributed by atoms with Crippen LogP contribution in [0, 0.1) is 0 Å². The van der Waals surface area contributed by atoms with Crippen LogP contribution in [0.5, 0.6) is 0 Å². The van der Waals surface area contributed by atoms with Crippen LogP contribution >= 0.6 is 0 Å². The number of fused-ring (bicyclic) bond motifs is 4. The molecule has 0 fully saturated rings. The molecule has 0 saturated carbocycles. The van der Waals surface area contributed by atoms with Crippen molar-refractivity contribution < 1.29 is 0 Å². The highest BCUT2D eigenvalue weighted by molar-refractivity contribution is 7.00. The van der Waals surface area contributed by atoms with Crippen LogP contribution < -0.4 is 26.2 Å². The molecular weight excluding hydrogens is 928 g/mol. The monoisotopic (exact) mass is 1000 g/mol. The van der Waals surface area contributed by atoms with E-state index < -0.39 is 0 Å². The molecule has 0 bridgehead atoms. The van der Waals surface area contributed by atoms with E-state index in [1.807, 2.05) is 0 Å². The molecule has 2 aliphatic heterocycles. The van der Waals surface area contributed by atoms with Gasteiger partial charge in [-0.05, 0) is 141 Å². The number of rotatable bonds is 6. The van der Waals surface area contributed by atoms with Gasteiger partial charge >= 0.3 is 0 Å². The molecule has 386 valence electrons. The Hall–Kier alpha value is -7.36. The zero-order valence-electron chi connectivity index (χ0n) is 48.4. The minimum absolute atomic E-state index is 0.0178. The number of para-hydroxylation sites is 2. The van der Waals surface area contributed by atoms with Gasteiger partial charge in [-0.1, -0.05) is 262 Å². The highest BCUT2D eigenvalue weighted by atomic mass is 15.2. The molecule has 0 radical (unpaired) electrons. The van der Waals surface area contributed by atoms with Gasteiger partial charge < -0.3 is 9.80 Å². The van der Waals surface area contributed by atoms with E-state index in [9.17, 15) is 0 Å². The SMILES string of the molecule is CC(C)(C)c1cc(-c2cc3c4c(c2)N(c2ccccc2-c2ccccc2)c2ccc(C(C)(C)C)cc2B4c2cc(-c4ccc(C(C)(C)C)cc4C(C)(C)C)ccc2N3c2ccccc2-c2ccccc2)cc(C(C)(C)C)c1. The third-order valence-corrected chi connectivity index (χ3v) is 16.4. The predicted octanol–water partition coefficient (Wildman–Crippen LogP) is 18.9. The topological polar surface area (TPSA) is 6.48 Å². The second-order valence-electron chi connectivity index (χ2n) is 27.2. The van der Waals surface area contributed by atoms with Crippen molar-refractivity contribution in [3.05, 3.63) is 222 Å². The first kappa shape index (κ1) is 51.7. The maximum Gasteiger partial charge on any atom is 0.252 e. The summed E-state index contributed by atoms with van der Waals surface area (Å²) in [6, 6.07) is 74.6. The molecule has 11 rings (SSSR count). The first-order chi connectivity index (χ1) is 36.4. The van der Waals surface area contributed by atoms with E-state index in [2.05, 4.69) is 308 Å². The Balaban J connectivity index is 1.31. The number of hydrogen-bond donors (Lipinski definition) is 0. The summed E-state index contributed by atoms with van der Waals surface area (Å²) in [5.74, 6) is 0. The number of hydrogen-bond acceptors (Lipinski definition) is 2. The van der Waals surface area contributed by atoms with E-state index in [4.69, 9.17) is 0 Å². The fourth-order valence-electron chi connectivity index (χ4n) is 11.9. The van der Waals surface area contributed by atoms with Gasteiger partial charge in [0, 0.05) is 33.9 Å². The predicted molar refractivity (Wildman–Crippen MR) is 336 cm³/mol. The fraction of sp³-hybridized carbons (Fsp3) is 0.270. The van der Waals surface area contributed by atoms with Crippen LogP contribution in [0.4, 0.5) is 34.1 Å². The molecule has 2 heterocycles. The van der Waals surface area contributed by atoms with E-state index in [-0.39, 0.29) is 33.8 Å². The highest BCUT2D eigenvalue weighted by Gasteiger charge is 2.45. The van der Waals surface area contributed by atoms with Gasteiger partial charge in [0.1, 0.15) is 0 Å². The minimum atomic E-state index is -0.0976. The Bertz CT molecular complexity index is 3670. The molecule has 2 aliphatic rings. The van der Waals surface area contributed by atoms with Crippen LogP contribution in [-0.4, -0.2) is 6.71 Å². The Morgan fingerprint density at radius 2 is 0.675 bits per heavy atom. The summed E-state index contributed by atoms with van der Waals surface area (Å²) >= 11 is 0. The van der Waals surface area contributed by atoms with Gasteiger partial charge in [-0.3, -0.25) is 0 Å². The molecule has 0 aliphatic carbocycles. The number of anilines is 6. The molecule has 9 aromatic rings. The van der Waals surface area contributed by atoms with Crippen molar-refractivity contribution in [2.24, 2.45) is 0 Å². The highest BCUT2D eigenvalue weighted by Crippen LogP contribution is 2.51. The number of nitrogens with zero attached hydrogens (tertiary/aromatic N) is 2. The Morgan fingerprint density at radius 3 is 1.16 bits per heavy atom. The molecule has 9 aromatic carbocycles. The van der Waals surface area contributed by atoms with Crippen molar-refractivity contribution in [3.8, 4) is 44.5 Å². The molecule has 3 heteroatoms. The summed E-state index contributed by atoms with van der Waals surface area (Å²) in [6.45, 7) is 35.1. The normalized spacial score (nSPS) is 13.6. The lowest BCUT2D eigenvalue weighted by Gasteiger charge is -2.45. The van der Waals surface area contributed by atoms with Gasteiger partial charge in [0.25, 0.3) is 6.71 Å². The summed E-state index contributed by atoms with van der Waals surface area (Å²) in [5.41, 5.74) is 27.2. The van der Waals surface area contributed by atoms with Crippen molar-refractivity contribution in [1.82, 2.24) is 0 Å². The van der Waals surface area contributed by atoms with Crippen LogP contribution in [0.25, 0.3) is 44.5 Å². The minimum Gasteiger partial charge on any atom is -0.311 e. The number of benzene rings is 9. The van der Waals surface area contributed by atoms with Gasteiger partial charge in [-0.2, -0.15) is 0 Å². The van der Waals surface area contributed by atoms with Crippen LogP contribution in [0.3, 0.4) is 0 Å². The second-order valence-corrected chi connectivity index (χ2v) is 27.2. The van der Waals surface area contributed by atoms with Gasteiger partial charge in [-0.25, -0.2) is 0 Å². The van der Waals surface area contributed by atoms with Crippen LogP contribution in [-0.2, 0) is 27.1 Å². The Kier molecular flexibility index (Phi) is 12.6. The van der Waals surface area contributed by atoms with Crippen LogP contribution in [0.1, 0.15) is 132 Å². The molecule has 0 spiro atoms. The molecule has 0 atom stereocenters. The summed E-state index contributed by atoms with van der Waals surface area (Å²) in [5, 5.41) is 0. The zero-order valence-corrected chi connectivity index (χ0v) is 48.4. The molecule has 0 N–H and O–H groups in total. The quantitative estimate of drug-likeness (QED) is 0.153. The Labute approximate surface area is 462 Å². The average molecular weight is 1010 g/mol. The lowest BCUT2D eigenvalue weighted by atomic mass is 9.33. The third-order valence-electron chi connectivity index (χ3n) is 16.4. The summed E-state index contributed by atoms with van der Waals surface area (Å²) in [6.07, 6.45) is 0. The van der Waals surface area contributed by atoms with Crippen LogP contribution in [0.15, 0.2) is 194 Å². The maximum atomic E-state index is 2.63. The molecular formula is C74H77BN2. The second kappa shape index (κ2) is 18.7. The molecule has 0 saturated heterocycles. The smallest absolute Gasteiger partial charge is 0.252 e. The lowest BCUT2D eigenvalue weighted by molar-refractivity contribution is 0.568. The summed E-state index contributed by atoms with van der Waals surface area (Å²) in [4.78, 5) is 5.26. The van der Waals surface area contributed by atoms with Crippen LogP contribution in [0.2, 0.25) is 0 Å². The summed E-state index contributed by atoms with van der Waals surface area (Å²) < 4.78 is 0. The van der Waals surface area contributed by atoms with Crippen molar-refractivity contribution in [2.45, 2.75) is 131 Å². The average Bonchev–Trinajstić information content (AvgIpc) is 3.58. The molecule has 0 aromatic heterocycles. The molecule has 77 heavy (non-hydrogen) atoms. The first-order valence-electron chi connectivity index (χ1n) is 28.0. The Morgan fingerprint density at radius 1 is 0.260 bits per heavy atom. The maximum absolute atomic E-state index is 2.63. The van der Waals surface area contributed by atoms with Gasteiger partial charge in [0.2, 0.25) is 0 Å². The van der Waals surface area contributed by atoms with E-state index in [0.29, 0.717) is 0 Å². The van der Waals surface area contributed by atoms with E-state index in [1.165, 1.54) is 111 Å². The largest absolute Gasteiger partial charge is 0.311 e. The van der Waals surface area contributed by atoms with Gasteiger partial charge in [0.05, 0.1) is 11.4 Å². The molecule has 2 nitrogen and oxygen atoms in total. The van der Waals surface area contributed by atoms with Crippen molar-refractivity contribution in [2.75, 3.05) is 9.80 Å². The fourth-order valence-corrected chi connectivity index (χ4v) is 11.9. The van der Waals surface area contributed by atoms with Gasteiger partial charge in [-0.15, -0.1) is 0 Å². The summed E-state index contributed by atoms with van der Waals surface area (Å²) in [7, 11) is 0. The van der Waals surface area contributed by atoms with E-state index in [0.717, 1.165) is 11.4 Å². The van der Waals surface area contributed by atoms with Crippen molar-refractivity contribution in [3.63, 3.8) is 0 Å². The zero-order chi connectivity index (χ0) is 54.6. The molecule has 0 unspecified atom stereocenters. The lowest BCUT2D eigenvalue weighted by Crippen LogP contribution is -2.61. The third kappa shape index (κ3) is 9.45. The van der Waals surface area contributed by atoms with Crippen molar-refractivity contribution in [1.29, 1.82) is 0 Å². The molecule has 0 amide bonds.